The van der Waals surface area contributed by atoms with E-state index in [1.165, 1.54) is 5.69 Å². The molecule has 1 aliphatic heterocycles. The molecular formula is C17H19N5O. The fourth-order valence-corrected chi connectivity index (χ4v) is 3.02. The second-order valence-electron chi connectivity index (χ2n) is 5.82. The summed E-state index contributed by atoms with van der Waals surface area (Å²) in [5.74, 6) is 0.293. The van der Waals surface area contributed by atoms with Gasteiger partial charge in [0.05, 0.1) is 13.2 Å². The molecule has 6 heteroatoms. The van der Waals surface area contributed by atoms with Crippen LogP contribution in [0.5, 0.6) is 0 Å². The fourth-order valence-electron chi connectivity index (χ4n) is 3.02. The summed E-state index contributed by atoms with van der Waals surface area (Å²) in [6, 6.07) is 10.7. The molecule has 4 rings (SSSR count). The molecule has 2 N–H and O–H groups in total. The standard InChI is InChI=1S/C17H19N5O/c1-12-10-15(16-19-17(18)20-22(16)11-12)13-2-4-14(5-3-13)21-6-8-23-9-7-21/h2-5,10-11H,6-9H2,1H3,(H2,18,20). The lowest BCUT2D eigenvalue weighted by molar-refractivity contribution is 0.122. The average molecular weight is 309 g/mol. The summed E-state index contributed by atoms with van der Waals surface area (Å²) < 4.78 is 7.15. The maximum absolute atomic E-state index is 5.75. The number of rotatable bonds is 2. The summed E-state index contributed by atoms with van der Waals surface area (Å²) in [5, 5.41) is 4.21. The number of benzene rings is 1. The topological polar surface area (TPSA) is 68.7 Å². The number of hydrogen-bond donors (Lipinski definition) is 1. The Morgan fingerprint density at radius 1 is 1.13 bits per heavy atom. The number of hydrogen-bond acceptors (Lipinski definition) is 5. The molecule has 0 bridgehead atoms. The van der Waals surface area contributed by atoms with E-state index in [9.17, 15) is 0 Å². The smallest absolute Gasteiger partial charge is 0.240 e. The lowest BCUT2D eigenvalue weighted by Crippen LogP contribution is -2.36. The van der Waals surface area contributed by atoms with Crippen molar-refractivity contribution in [2.45, 2.75) is 6.92 Å². The van der Waals surface area contributed by atoms with Crippen LogP contribution in [0.3, 0.4) is 0 Å². The third-order valence-electron chi connectivity index (χ3n) is 4.14. The Morgan fingerprint density at radius 2 is 1.87 bits per heavy atom. The number of morpholine rings is 1. The van der Waals surface area contributed by atoms with E-state index >= 15 is 0 Å². The normalized spacial score (nSPS) is 15.3. The molecule has 0 aliphatic carbocycles. The van der Waals surface area contributed by atoms with Crippen molar-refractivity contribution in [1.82, 2.24) is 14.6 Å². The molecule has 1 aliphatic rings. The molecule has 3 aromatic rings. The highest BCUT2D eigenvalue weighted by atomic mass is 16.5. The molecule has 23 heavy (non-hydrogen) atoms. The number of pyridine rings is 1. The zero-order valence-corrected chi connectivity index (χ0v) is 13.1. The highest BCUT2D eigenvalue weighted by molar-refractivity contribution is 5.79. The number of nitrogens with two attached hydrogens (primary N) is 1. The third-order valence-corrected chi connectivity index (χ3v) is 4.14. The zero-order chi connectivity index (χ0) is 15.8. The Bertz CT molecular complexity index is 834. The molecule has 1 aromatic carbocycles. The van der Waals surface area contributed by atoms with E-state index < -0.39 is 0 Å². The third kappa shape index (κ3) is 2.61. The maximum Gasteiger partial charge on any atom is 0.240 e. The Morgan fingerprint density at radius 3 is 2.61 bits per heavy atom. The van der Waals surface area contributed by atoms with Crippen LogP contribution in [0.2, 0.25) is 0 Å². The molecule has 0 atom stereocenters. The number of nitrogen functional groups attached to an aromatic ring is 1. The number of fused-ring (bicyclic) bond motifs is 1. The minimum absolute atomic E-state index is 0.293. The lowest BCUT2D eigenvalue weighted by atomic mass is 10.0. The van der Waals surface area contributed by atoms with Gasteiger partial charge in [-0.05, 0) is 36.2 Å². The Balaban J connectivity index is 1.73. The van der Waals surface area contributed by atoms with E-state index in [0.717, 1.165) is 48.6 Å². The predicted octanol–water partition coefficient (Wildman–Crippen LogP) is 2.12. The minimum atomic E-state index is 0.293. The summed E-state index contributed by atoms with van der Waals surface area (Å²) >= 11 is 0. The van der Waals surface area contributed by atoms with Crippen molar-refractivity contribution in [2.24, 2.45) is 0 Å². The first-order valence-corrected chi connectivity index (χ1v) is 7.76. The van der Waals surface area contributed by atoms with Gasteiger partial charge >= 0.3 is 0 Å². The second kappa shape index (κ2) is 5.55. The van der Waals surface area contributed by atoms with E-state index in [1.54, 1.807) is 4.52 Å². The summed E-state index contributed by atoms with van der Waals surface area (Å²) in [6.45, 7) is 5.50. The number of ether oxygens (including phenoxy) is 1. The molecule has 1 saturated heterocycles. The minimum Gasteiger partial charge on any atom is -0.378 e. The number of aryl methyl sites for hydroxylation is 1. The molecule has 118 valence electrons. The van der Waals surface area contributed by atoms with Gasteiger partial charge in [-0.3, -0.25) is 0 Å². The van der Waals surface area contributed by atoms with Crippen molar-refractivity contribution >= 4 is 17.3 Å². The number of aromatic nitrogens is 3. The Labute approximate surface area is 134 Å². The van der Waals surface area contributed by atoms with Crippen LogP contribution in [0.4, 0.5) is 11.6 Å². The van der Waals surface area contributed by atoms with E-state index in [1.807, 2.05) is 13.1 Å². The van der Waals surface area contributed by atoms with Crippen LogP contribution >= 0.6 is 0 Å². The van der Waals surface area contributed by atoms with Crippen molar-refractivity contribution in [1.29, 1.82) is 0 Å². The van der Waals surface area contributed by atoms with Crippen LogP contribution in [-0.2, 0) is 4.74 Å². The van der Waals surface area contributed by atoms with Crippen molar-refractivity contribution in [3.63, 3.8) is 0 Å². The lowest BCUT2D eigenvalue weighted by Gasteiger charge is -2.28. The Kier molecular flexibility index (Phi) is 3.38. The summed E-state index contributed by atoms with van der Waals surface area (Å²) in [4.78, 5) is 6.69. The van der Waals surface area contributed by atoms with E-state index in [2.05, 4.69) is 45.3 Å². The maximum atomic E-state index is 5.75. The monoisotopic (exact) mass is 309 g/mol. The molecule has 0 radical (unpaired) electrons. The number of nitrogens with zero attached hydrogens (tertiary/aromatic N) is 4. The van der Waals surface area contributed by atoms with Crippen LogP contribution in [0.25, 0.3) is 16.8 Å². The predicted molar refractivity (Wildman–Crippen MR) is 90.6 cm³/mol. The first-order valence-electron chi connectivity index (χ1n) is 7.76. The average Bonchev–Trinajstić information content (AvgIpc) is 2.95. The van der Waals surface area contributed by atoms with Crippen molar-refractivity contribution in [3.8, 4) is 11.1 Å². The fraction of sp³-hybridized carbons (Fsp3) is 0.294. The van der Waals surface area contributed by atoms with Gasteiger partial charge in [0.1, 0.15) is 0 Å². The first kappa shape index (κ1) is 14.0. The molecule has 0 spiro atoms. The molecule has 6 nitrogen and oxygen atoms in total. The molecular weight excluding hydrogens is 290 g/mol. The van der Waals surface area contributed by atoms with Crippen molar-refractivity contribution < 1.29 is 4.74 Å². The van der Waals surface area contributed by atoms with Crippen LogP contribution < -0.4 is 10.6 Å². The molecule has 0 unspecified atom stereocenters. The molecule has 3 heterocycles. The molecule has 0 amide bonds. The van der Waals surface area contributed by atoms with Crippen molar-refractivity contribution in [3.05, 3.63) is 42.1 Å². The van der Waals surface area contributed by atoms with Crippen molar-refractivity contribution in [2.75, 3.05) is 36.9 Å². The largest absolute Gasteiger partial charge is 0.378 e. The quantitative estimate of drug-likeness (QED) is 0.785. The van der Waals surface area contributed by atoms with E-state index in [4.69, 9.17) is 10.5 Å². The summed E-state index contributed by atoms with van der Waals surface area (Å²) in [6.07, 6.45) is 1.93. The zero-order valence-electron chi connectivity index (χ0n) is 13.1. The molecule has 0 saturated carbocycles. The van der Waals surface area contributed by atoms with Gasteiger partial charge in [0.15, 0.2) is 5.65 Å². The van der Waals surface area contributed by atoms with E-state index in [0.29, 0.717) is 5.95 Å². The van der Waals surface area contributed by atoms with Crippen LogP contribution in [-0.4, -0.2) is 40.9 Å². The van der Waals surface area contributed by atoms with Crippen LogP contribution in [0.1, 0.15) is 5.56 Å². The number of anilines is 2. The van der Waals surface area contributed by atoms with Gasteiger partial charge in [-0.15, -0.1) is 5.10 Å². The van der Waals surface area contributed by atoms with Gasteiger partial charge in [-0.25, -0.2) is 4.52 Å². The Hall–Kier alpha value is -2.60. The van der Waals surface area contributed by atoms with E-state index in [-0.39, 0.29) is 0 Å². The van der Waals surface area contributed by atoms with Gasteiger partial charge in [0.25, 0.3) is 0 Å². The van der Waals surface area contributed by atoms with Crippen LogP contribution in [0, 0.1) is 6.92 Å². The van der Waals surface area contributed by atoms with Gasteiger partial charge in [-0.1, -0.05) is 12.1 Å². The SMILES string of the molecule is Cc1cc(-c2ccc(N3CCOCC3)cc2)c2nc(N)nn2c1. The van der Waals surface area contributed by atoms with Gasteiger partial charge in [0.2, 0.25) is 5.95 Å². The molecule has 1 fully saturated rings. The highest BCUT2D eigenvalue weighted by Gasteiger charge is 2.13. The summed E-state index contributed by atoms with van der Waals surface area (Å²) in [5.41, 5.74) is 11.0. The molecule has 2 aromatic heterocycles. The highest BCUT2D eigenvalue weighted by Crippen LogP contribution is 2.27. The first-order chi connectivity index (χ1) is 11.2. The van der Waals surface area contributed by atoms with Gasteiger partial charge < -0.3 is 15.4 Å². The van der Waals surface area contributed by atoms with Gasteiger partial charge in [0, 0.05) is 30.5 Å². The van der Waals surface area contributed by atoms with Gasteiger partial charge in [-0.2, -0.15) is 4.98 Å². The van der Waals surface area contributed by atoms with Crippen LogP contribution in [0.15, 0.2) is 36.5 Å². The second-order valence-corrected chi connectivity index (χ2v) is 5.82. The summed E-state index contributed by atoms with van der Waals surface area (Å²) in [7, 11) is 0.